The number of carbonyl (C=O) groups excluding carboxylic acids is 1. The van der Waals surface area contributed by atoms with Gasteiger partial charge < -0.3 is 9.64 Å². The fourth-order valence-electron chi connectivity index (χ4n) is 2.64. The van der Waals surface area contributed by atoms with Crippen LogP contribution in [0.4, 0.5) is 0 Å². The molecule has 3 nitrogen and oxygen atoms in total. The van der Waals surface area contributed by atoms with Crippen LogP contribution in [0.3, 0.4) is 0 Å². The molecule has 0 aliphatic heterocycles. The van der Waals surface area contributed by atoms with Gasteiger partial charge in [0.2, 0.25) is 0 Å². The lowest BCUT2D eigenvalue weighted by molar-refractivity contribution is -0.148. The lowest BCUT2D eigenvalue weighted by atomic mass is 9.76. The average molecular weight is 348 g/mol. The van der Waals surface area contributed by atoms with Gasteiger partial charge in [0.25, 0.3) is 0 Å². The Labute approximate surface area is 151 Å². The zero-order valence-electron chi connectivity index (χ0n) is 14.6. The highest BCUT2D eigenvalue weighted by Crippen LogP contribution is 2.33. The Bertz CT molecular complexity index is 575. The molecule has 0 unspecified atom stereocenters. The van der Waals surface area contributed by atoms with Gasteiger partial charge in [-0.3, -0.25) is 4.79 Å². The summed E-state index contributed by atoms with van der Waals surface area (Å²) in [4.78, 5) is 15.0. The molecule has 0 N–H and O–H groups in total. The summed E-state index contributed by atoms with van der Waals surface area (Å²) in [6.45, 7) is 3.28. The molecule has 0 bridgehead atoms. The van der Waals surface area contributed by atoms with Crippen molar-refractivity contribution in [2.45, 2.75) is 18.8 Å². The van der Waals surface area contributed by atoms with Crippen molar-refractivity contribution in [2.24, 2.45) is 0 Å². The van der Waals surface area contributed by atoms with Crippen molar-refractivity contribution in [3.8, 4) is 0 Å². The Hall–Kier alpha value is -1.84. The molecule has 0 aromatic heterocycles. The molecule has 0 fully saturated rings. The zero-order valence-corrected chi connectivity index (χ0v) is 15.4. The van der Waals surface area contributed by atoms with Crippen molar-refractivity contribution < 1.29 is 9.53 Å². The molecule has 0 radical (unpaired) electrons. The molecule has 130 valence electrons. The lowest BCUT2D eigenvalue weighted by Gasteiger charge is -2.28. The second-order valence-corrected chi connectivity index (χ2v) is 6.15. The number of nitrogens with zero attached hydrogens (tertiary/aromatic N) is 1. The maximum absolute atomic E-state index is 12.9. The van der Waals surface area contributed by atoms with Gasteiger partial charge in [-0.1, -0.05) is 60.7 Å². The fourth-order valence-corrected chi connectivity index (χ4v) is 2.64. The first-order valence-electron chi connectivity index (χ1n) is 7.98. The van der Waals surface area contributed by atoms with E-state index in [-0.39, 0.29) is 18.4 Å². The molecule has 0 saturated carbocycles. The third-order valence-corrected chi connectivity index (χ3v) is 4.09. The van der Waals surface area contributed by atoms with Crippen LogP contribution in [0, 0.1) is 0 Å². The number of carbonyl (C=O) groups is 1. The number of hydrogen-bond donors (Lipinski definition) is 0. The van der Waals surface area contributed by atoms with E-state index in [1.165, 1.54) is 0 Å². The monoisotopic (exact) mass is 347 g/mol. The van der Waals surface area contributed by atoms with Crippen LogP contribution in [-0.2, 0) is 14.9 Å². The average Bonchev–Trinajstić information content (AvgIpc) is 2.59. The van der Waals surface area contributed by atoms with Crippen LogP contribution < -0.4 is 0 Å². The molecule has 0 atom stereocenters. The lowest BCUT2D eigenvalue weighted by Crippen LogP contribution is -2.36. The Morgan fingerprint density at radius 2 is 1.42 bits per heavy atom. The first-order valence-corrected chi connectivity index (χ1v) is 7.98. The van der Waals surface area contributed by atoms with Gasteiger partial charge in [-0.25, -0.2) is 0 Å². The maximum atomic E-state index is 12.9. The minimum Gasteiger partial charge on any atom is -0.465 e. The minimum atomic E-state index is -0.791. The molecular formula is C20H26ClNO2. The zero-order chi connectivity index (χ0) is 16.7. The molecule has 0 saturated heterocycles. The first kappa shape index (κ1) is 20.2. The molecule has 0 heterocycles. The van der Waals surface area contributed by atoms with Gasteiger partial charge in [-0.15, -0.1) is 12.4 Å². The second-order valence-electron chi connectivity index (χ2n) is 6.15. The van der Waals surface area contributed by atoms with E-state index in [1.54, 1.807) is 0 Å². The summed E-state index contributed by atoms with van der Waals surface area (Å²) < 4.78 is 5.60. The first-order chi connectivity index (χ1) is 11.0. The number of benzene rings is 2. The van der Waals surface area contributed by atoms with Crippen LogP contribution >= 0.6 is 12.4 Å². The second kappa shape index (κ2) is 9.45. The van der Waals surface area contributed by atoms with Crippen LogP contribution in [0.2, 0.25) is 0 Å². The summed E-state index contributed by atoms with van der Waals surface area (Å²) in [5.41, 5.74) is 1.10. The fraction of sp³-hybridized carbons (Fsp3) is 0.350. The van der Waals surface area contributed by atoms with Crippen LogP contribution in [0.15, 0.2) is 60.7 Å². The van der Waals surface area contributed by atoms with Crippen molar-refractivity contribution in [3.63, 3.8) is 0 Å². The molecule has 4 heteroatoms. The highest BCUT2D eigenvalue weighted by molar-refractivity contribution is 5.87. The van der Waals surface area contributed by atoms with Crippen LogP contribution in [-0.4, -0.2) is 38.1 Å². The van der Waals surface area contributed by atoms with Crippen LogP contribution in [0.5, 0.6) is 0 Å². The molecule has 2 aromatic carbocycles. The van der Waals surface area contributed by atoms with Crippen molar-refractivity contribution in [1.29, 1.82) is 0 Å². The summed E-state index contributed by atoms with van der Waals surface area (Å²) in [6.07, 6.45) is 0.832. The highest BCUT2D eigenvalue weighted by Gasteiger charge is 2.38. The summed E-state index contributed by atoms with van der Waals surface area (Å²) in [6, 6.07) is 19.6. The Balaban J connectivity index is 0.00000288. The molecule has 0 aliphatic rings. The Kier molecular flexibility index (Phi) is 7.96. The van der Waals surface area contributed by atoms with E-state index < -0.39 is 5.41 Å². The number of esters is 1. The number of ether oxygens (including phenoxy) is 1. The molecule has 24 heavy (non-hydrogen) atoms. The van der Waals surface area contributed by atoms with Gasteiger partial charge in [0.1, 0.15) is 5.41 Å². The van der Waals surface area contributed by atoms with Crippen molar-refractivity contribution >= 4 is 18.4 Å². The standard InChI is InChI=1S/C20H25NO2.ClH/c1-20(17-11-6-4-7-12-17,18-13-8-5-9-14-18)19(22)23-16-10-15-21(2)3;/h4-9,11-14H,10,15-16H2,1-3H3;1H. The van der Waals surface area contributed by atoms with E-state index in [2.05, 4.69) is 4.90 Å². The van der Waals surface area contributed by atoms with Gasteiger partial charge in [0, 0.05) is 6.54 Å². The van der Waals surface area contributed by atoms with Gasteiger partial charge in [-0.2, -0.15) is 0 Å². The van der Waals surface area contributed by atoms with Gasteiger partial charge in [0.05, 0.1) is 6.61 Å². The number of halogens is 1. The summed E-state index contributed by atoms with van der Waals surface area (Å²) in [7, 11) is 4.03. The topological polar surface area (TPSA) is 29.5 Å². The Morgan fingerprint density at radius 3 is 1.83 bits per heavy atom. The SMILES string of the molecule is CN(C)CCCOC(=O)C(C)(c1ccccc1)c1ccccc1.Cl. The molecule has 2 rings (SSSR count). The summed E-state index contributed by atoms with van der Waals surface area (Å²) in [5, 5.41) is 0. The molecule has 0 spiro atoms. The highest BCUT2D eigenvalue weighted by atomic mass is 35.5. The van der Waals surface area contributed by atoms with E-state index in [1.807, 2.05) is 81.7 Å². The van der Waals surface area contributed by atoms with Crippen molar-refractivity contribution in [2.75, 3.05) is 27.2 Å². The number of rotatable bonds is 7. The van der Waals surface area contributed by atoms with E-state index in [0.717, 1.165) is 24.1 Å². The third-order valence-electron chi connectivity index (χ3n) is 4.09. The number of hydrogen-bond acceptors (Lipinski definition) is 3. The summed E-state index contributed by atoms with van der Waals surface area (Å²) >= 11 is 0. The van der Waals surface area contributed by atoms with E-state index in [9.17, 15) is 4.79 Å². The van der Waals surface area contributed by atoms with Crippen molar-refractivity contribution in [3.05, 3.63) is 71.8 Å². The normalized spacial score (nSPS) is 11.0. The smallest absolute Gasteiger partial charge is 0.320 e. The third kappa shape index (κ3) is 4.83. The summed E-state index contributed by atoms with van der Waals surface area (Å²) in [5.74, 6) is -0.200. The molecular weight excluding hydrogens is 322 g/mol. The quantitative estimate of drug-likeness (QED) is 0.562. The maximum Gasteiger partial charge on any atom is 0.320 e. The molecule has 2 aromatic rings. The van der Waals surface area contributed by atoms with Gasteiger partial charge in [-0.05, 0) is 38.6 Å². The van der Waals surface area contributed by atoms with E-state index >= 15 is 0 Å². The Morgan fingerprint density at radius 1 is 0.958 bits per heavy atom. The largest absolute Gasteiger partial charge is 0.465 e. The van der Waals surface area contributed by atoms with Gasteiger partial charge in [0.15, 0.2) is 0 Å². The molecule has 0 amide bonds. The molecule has 0 aliphatic carbocycles. The van der Waals surface area contributed by atoms with Crippen LogP contribution in [0.25, 0.3) is 0 Å². The van der Waals surface area contributed by atoms with E-state index in [0.29, 0.717) is 6.61 Å². The van der Waals surface area contributed by atoms with Crippen molar-refractivity contribution in [1.82, 2.24) is 4.90 Å². The van der Waals surface area contributed by atoms with Crippen LogP contribution in [0.1, 0.15) is 24.5 Å². The predicted octanol–water partition coefficient (Wildman–Crippen LogP) is 3.91. The van der Waals surface area contributed by atoms with E-state index in [4.69, 9.17) is 4.74 Å². The van der Waals surface area contributed by atoms with Gasteiger partial charge >= 0.3 is 5.97 Å². The predicted molar refractivity (Wildman–Crippen MR) is 101 cm³/mol. The minimum absolute atomic E-state index is 0.